The van der Waals surface area contributed by atoms with Gasteiger partial charge in [0, 0.05) is 19.6 Å². The van der Waals surface area contributed by atoms with Crippen molar-refractivity contribution >= 4 is 5.78 Å². The average Bonchev–Trinajstić information content (AvgIpc) is 2.09. The number of ketones is 1. The van der Waals surface area contributed by atoms with Gasteiger partial charge in [-0.25, -0.2) is 0 Å². The number of rotatable bonds is 9. The maximum Gasteiger partial charge on any atom is 0.129 e. The highest BCUT2D eigenvalue weighted by Crippen LogP contribution is 2.00. The Morgan fingerprint density at radius 2 is 2.08 bits per heavy atom. The fraction of sp³-hybridized carbons (Fsp3) is 0.727. The predicted octanol–water partition coefficient (Wildman–Crippen LogP) is 2.73. The lowest BCUT2D eigenvalue weighted by Gasteiger charge is -2.01. The number of ether oxygens (including phenoxy) is 1. The van der Waals surface area contributed by atoms with Crippen LogP contribution in [0.4, 0.5) is 0 Å². The van der Waals surface area contributed by atoms with E-state index in [4.69, 9.17) is 4.74 Å². The monoisotopic (exact) mass is 184 g/mol. The first-order chi connectivity index (χ1) is 6.27. The van der Waals surface area contributed by atoms with E-state index in [1.807, 2.05) is 6.08 Å². The molecule has 2 nitrogen and oxygen atoms in total. The molecule has 0 bridgehead atoms. The van der Waals surface area contributed by atoms with Crippen LogP contribution in [0.3, 0.4) is 0 Å². The van der Waals surface area contributed by atoms with E-state index in [0.717, 1.165) is 38.9 Å². The van der Waals surface area contributed by atoms with Crippen LogP contribution in [-0.4, -0.2) is 19.0 Å². The van der Waals surface area contributed by atoms with Crippen molar-refractivity contribution in [3.8, 4) is 0 Å². The maximum absolute atomic E-state index is 10.6. The first kappa shape index (κ1) is 12.4. The van der Waals surface area contributed by atoms with Gasteiger partial charge in [-0.3, -0.25) is 0 Å². The van der Waals surface area contributed by atoms with Crippen molar-refractivity contribution in [1.82, 2.24) is 0 Å². The van der Waals surface area contributed by atoms with Gasteiger partial charge in [-0.05, 0) is 26.2 Å². The zero-order valence-corrected chi connectivity index (χ0v) is 8.55. The summed E-state index contributed by atoms with van der Waals surface area (Å²) in [6.45, 7) is 6.83. The van der Waals surface area contributed by atoms with Gasteiger partial charge < -0.3 is 9.53 Å². The van der Waals surface area contributed by atoms with Gasteiger partial charge in [0.25, 0.3) is 0 Å². The molecule has 0 aliphatic carbocycles. The van der Waals surface area contributed by atoms with Gasteiger partial charge in [0.2, 0.25) is 0 Å². The lowest BCUT2D eigenvalue weighted by atomic mass is 10.1. The Labute approximate surface area is 81.0 Å². The summed E-state index contributed by atoms with van der Waals surface area (Å²) < 4.78 is 5.32. The van der Waals surface area contributed by atoms with Gasteiger partial charge in [-0.15, -0.1) is 6.58 Å². The first-order valence-corrected chi connectivity index (χ1v) is 4.95. The minimum absolute atomic E-state index is 0.285. The standard InChI is InChI=1S/C11H20O2/c1-3-4-9-13-10-7-5-6-8-11(2)12/h3H,1,4-10H2,2H3. The zero-order chi connectivity index (χ0) is 9.94. The van der Waals surface area contributed by atoms with E-state index in [1.54, 1.807) is 6.92 Å². The van der Waals surface area contributed by atoms with E-state index in [1.165, 1.54) is 0 Å². The molecule has 0 radical (unpaired) electrons. The van der Waals surface area contributed by atoms with Crippen molar-refractivity contribution in [3.05, 3.63) is 12.7 Å². The molecule has 0 fully saturated rings. The summed E-state index contributed by atoms with van der Waals surface area (Å²) in [6.07, 6.45) is 6.65. The summed E-state index contributed by atoms with van der Waals surface area (Å²) >= 11 is 0. The average molecular weight is 184 g/mol. The lowest BCUT2D eigenvalue weighted by Crippen LogP contribution is -1.96. The molecule has 76 valence electrons. The van der Waals surface area contributed by atoms with Crippen LogP contribution in [0.15, 0.2) is 12.7 Å². The van der Waals surface area contributed by atoms with E-state index < -0.39 is 0 Å². The van der Waals surface area contributed by atoms with Gasteiger partial charge in [-0.2, -0.15) is 0 Å². The Kier molecular flexibility index (Phi) is 9.00. The summed E-state index contributed by atoms with van der Waals surface area (Å²) in [5, 5.41) is 0. The molecule has 0 aromatic rings. The first-order valence-electron chi connectivity index (χ1n) is 4.95. The maximum atomic E-state index is 10.6. The number of carbonyl (C=O) groups is 1. The molecular formula is C11H20O2. The second-order valence-electron chi connectivity index (χ2n) is 3.20. The number of Topliss-reactive ketones (excluding diaryl/α,β-unsaturated/α-hetero) is 1. The quantitative estimate of drug-likeness (QED) is 0.407. The highest BCUT2D eigenvalue weighted by Gasteiger charge is 1.93. The largest absolute Gasteiger partial charge is 0.381 e. The van der Waals surface area contributed by atoms with Gasteiger partial charge in [0.15, 0.2) is 0 Å². The van der Waals surface area contributed by atoms with Gasteiger partial charge in [-0.1, -0.05) is 12.5 Å². The van der Waals surface area contributed by atoms with Crippen LogP contribution in [0.2, 0.25) is 0 Å². The molecule has 0 heterocycles. The van der Waals surface area contributed by atoms with E-state index in [0.29, 0.717) is 6.42 Å². The molecule has 2 heteroatoms. The van der Waals surface area contributed by atoms with E-state index in [-0.39, 0.29) is 5.78 Å². The van der Waals surface area contributed by atoms with Crippen molar-refractivity contribution < 1.29 is 9.53 Å². The molecule has 0 saturated heterocycles. The van der Waals surface area contributed by atoms with Crippen molar-refractivity contribution in [2.24, 2.45) is 0 Å². The fourth-order valence-electron chi connectivity index (χ4n) is 1.02. The second kappa shape index (κ2) is 9.46. The fourth-order valence-corrected chi connectivity index (χ4v) is 1.02. The summed E-state index contributed by atoms with van der Waals surface area (Å²) in [5.74, 6) is 0.285. The van der Waals surface area contributed by atoms with Gasteiger partial charge in [0.1, 0.15) is 5.78 Å². The summed E-state index contributed by atoms with van der Waals surface area (Å²) in [6, 6.07) is 0. The summed E-state index contributed by atoms with van der Waals surface area (Å²) in [5.41, 5.74) is 0. The lowest BCUT2D eigenvalue weighted by molar-refractivity contribution is -0.117. The molecule has 0 saturated carbocycles. The van der Waals surface area contributed by atoms with Gasteiger partial charge >= 0.3 is 0 Å². The van der Waals surface area contributed by atoms with Crippen LogP contribution >= 0.6 is 0 Å². The number of hydrogen-bond acceptors (Lipinski definition) is 2. The molecule has 0 aliphatic heterocycles. The molecule has 0 amide bonds. The van der Waals surface area contributed by atoms with Gasteiger partial charge in [0.05, 0.1) is 0 Å². The zero-order valence-electron chi connectivity index (χ0n) is 8.55. The Morgan fingerprint density at radius 3 is 2.69 bits per heavy atom. The third kappa shape index (κ3) is 11.4. The molecule has 0 rings (SSSR count). The Balaban J connectivity index is 2.91. The second-order valence-corrected chi connectivity index (χ2v) is 3.20. The molecule has 0 aromatic heterocycles. The highest BCUT2D eigenvalue weighted by molar-refractivity contribution is 5.75. The van der Waals surface area contributed by atoms with Crippen LogP contribution < -0.4 is 0 Å². The van der Waals surface area contributed by atoms with Crippen LogP contribution in [0.1, 0.15) is 39.0 Å². The van der Waals surface area contributed by atoms with E-state index in [9.17, 15) is 4.79 Å². The topological polar surface area (TPSA) is 26.3 Å². The van der Waals surface area contributed by atoms with Crippen molar-refractivity contribution in [2.75, 3.05) is 13.2 Å². The smallest absolute Gasteiger partial charge is 0.129 e. The van der Waals surface area contributed by atoms with Crippen molar-refractivity contribution in [1.29, 1.82) is 0 Å². The summed E-state index contributed by atoms with van der Waals surface area (Å²) in [7, 11) is 0. The molecule has 0 atom stereocenters. The minimum Gasteiger partial charge on any atom is -0.381 e. The van der Waals surface area contributed by atoms with Crippen LogP contribution in [-0.2, 0) is 9.53 Å². The van der Waals surface area contributed by atoms with E-state index >= 15 is 0 Å². The Hall–Kier alpha value is -0.630. The summed E-state index contributed by atoms with van der Waals surface area (Å²) in [4.78, 5) is 10.6. The van der Waals surface area contributed by atoms with Crippen LogP contribution in [0.5, 0.6) is 0 Å². The molecule has 0 unspecified atom stereocenters. The third-order valence-corrected chi connectivity index (χ3v) is 1.78. The third-order valence-electron chi connectivity index (χ3n) is 1.78. The van der Waals surface area contributed by atoms with E-state index in [2.05, 4.69) is 6.58 Å². The SMILES string of the molecule is C=CCCOCCCCCC(C)=O. The number of hydrogen-bond donors (Lipinski definition) is 0. The molecule has 0 aromatic carbocycles. The predicted molar refractivity (Wildman–Crippen MR) is 54.8 cm³/mol. The highest BCUT2D eigenvalue weighted by atomic mass is 16.5. The molecule has 0 spiro atoms. The normalized spacial score (nSPS) is 9.92. The molecular weight excluding hydrogens is 164 g/mol. The van der Waals surface area contributed by atoms with Crippen molar-refractivity contribution in [3.63, 3.8) is 0 Å². The number of unbranched alkanes of at least 4 members (excludes halogenated alkanes) is 2. The van der Waals surface area contributed by atoms with Crippen LogP contribution in [0.25, 0.3) is 0 Å². The number of carbonyl (C=O) groups excluding carboxylic acids is 1. The molecule has 0 aliphatic rings. The minimum atomic E-state index is 0.285. The molecule has 13 heavy (non-hydrogen) atoms. The van der Waals surface area contributed by atoms with Crippen LogP contribution in [0, 0.1) is 0 Å². The van der Waals surface area contributed by atoms with Crippen molar-refractivity contribution in [2.45, 2.75) is 39.0 Å². The Bertz CT molecular complexity index is 141. The molecule has 0 N–H and O–H groups in total. The Morgan fingerprint density at radius 1 is 1.31 bits per heavy atom.